The number of nitrogens with zero attached hydrogens (tertiary/aromatic N) is 3. The predicted octanol–water partition coefficient (Wildman–Crippen LogP) is 1.55. The first-order valence-electron chi connectivity index (χ1n) is 6.30. The Labute approximate surface area is 124 Å². The fourth-order valence-electron chi connectivity index (χ4n) is 2.13. The Hall–Kier alpha value is -2.09. The Kier molecular flexibility index (Phi) is 3.91. The molecule has 114 valence electrons. The van der Waals surface area contributed by atoms with Crippen LogP contribution in [0.1, 0.15) is 17.0 Å². The monoisotopic (exact) mass is 310 g/mol. The zero-order valence-corrected chi connectivity index (χ0v) is 13.4. The molecular formula is C13H18N4O3S. The van der Waals surface area contributed by atoms with Crippen LogP contribution in [0, 0.1) is 20.8 Å². The Morgan fingerprint density at radius 3 is 2.19 bits per heavy atom. The molecule has 1 aromatic carbocycles. The van der Waals surface area contributed by atoms with Gasteiger partial charge in [0.15, 0.2) is 0 Å². The van der Waals surface area contributed by atoms with Crippen LogP contribution in [0.4, 0.5) is 5.95 Å². The maximum atomic E-state index is 12.5. The van der Waals surface area contributed by atoms with E-state index in [9.17, 15) is 8.42 Å². The normalized spacial score (nSPS) is 11.5. The van der Waals surface area contributed by atoms with Gasteiger partial charge in [-0.1, -0.05) is 0 Å². The van der Waals surface area contributed by atoms with Gasteiger partial charge >= 0.3 is 0 Å². The van der Waals surface area contributed by atoms with Crippen molar-refractivity contribution in [1.82, 2.24) is 14.8 Å². The van der Waals surface area contributed by atoms with E-state index in [2.05, 4.69) is 14.8 Å². The first kappa shape index (κ1) is 15.3. The van der Waals surface area contributed by atoms with Crippen molar-refractivity contribution in [2.24, 2.45) is 7.05 Å². The molecule has 0 radical (unpaired) electrons. The van der Waals surface area contributed by atoms with Gasteiger partial charge in [0, 0.05) is 7.05 Å². The number of sulfonamides is 1. The zero-order valence-electron chi connectivity index (χ0n) is 12.6. The van der Waals surface area contributed by atoms with Crippen molar-refractivity contribution < 1.29 is 13.2 Å². The second kappa shape index (κ2) is 5.36. The largest absolute Gasteiger partial charge is 0.497 e. The van der Waals surface area contributed by atoms with Gasteiger partial charge in [-0.15, -0.1) is 5.10 Å². The highest BCUT2D eigenvalue weighted by Crippen LogP contribution is 2.26. The van der Waals surface area contributed by atoms with Crippen LogP contribution in [-0.2, 0) is 17.1 Å². The quantitative estimate of drug-likeness (QED) is 0.926. The van der Waals surface area contributed by atoms with Gasteiger partial charge in [0.25, 0.3) is 16.0 Å². The lowest BCUT2D eigenvalue weighted by atomic mass is 10.1. The molecule has 2 rings (SSSR count). The van der Waals surface area contributed by atoms with Crippen LogP contribution >= 0.6 is 0 Å². The summed E-state index contributed by atoms with van der Waals surface area (Å²) in [5.41, 5.74) is 1.21. The lowest BCUT2D eigenvalue weighted by Gasteiger charge is -2.12. The number of benzene rings is 1. The molecule has 0 unspecified atom stereocenters. The molecule has 0 aliphatic carbocycles. The third-order valence-corrected chi connectivity index (χ3v) is 4.78. The van der Waals surface area contributed by atoms with Crippen LogP contribution in [-0.4, -0.2) is 30.3 Å². The van der Waals surface area contributed by atoms with Crippen LogP contribution < -0.4 is 9.46 Å². The van der Waals surface area contributed by atoms with Crippen molar-refractivity contribution in [2.45, 2.75) is 25.7 Å². The maximum absolute atomic E-state index is 12.5. The van der Waals surface area contributed by atoms with Crippen molar-refractivity contribution in [3.05, 3.63) is 29.1 Å². The van der Waals surface area contributed by atoms with Gasteiger partial charge in [-0.25, -0.2) is 13.1 Å². The molecule has 2 aromatic rings. The fourth-order valence-corrected chi connectivity index (χ4v) is 3.52. The van der Waals surface area contributed by atoms with Crippen LogP contribution in [0.2, 0.25) is 0 Å². The first-order chi connectivity index (χ1) is 9.74. The molecule has 7 nitrogen and oxygen atoms in total. The summed E-state index contributed by atoms with van der Waals surface area (Å²) in [6.45, 7) is 5.19. The van der Waals surface area contributed by atoms with E-state index in [0.29, 0.717) is 22.7 Å². The van der Waals surface area contributed by atoms with Crippen LogP contribution in [0.25, 0.3) is 0 Å². The second-order valence-corrected chi connectivity index (χ2v) is 6.42. The van der Waals surface area contributed by atoms with Gasteiger partial charge in [-0.2, -0.15) is 4.98 Å². The van der Waals surface area contributed by atoms with Gasteiger partial charge in [0.1, 0.15) is 11.6 Å². The van der Waals surface area contributed by atoms with E-state index in [4.69, 9.17) is 4.74 Å². The summed E-state index contributed by atoms with van der Waals surface area (Å²) >= 11 is 0. The molecule has 0 fully saturated rings. The van der Waals surface area contributed by atoms with Crippen molar-refractivity contribution in [1.29, 1.82) is 0 Å². The second-order valence-electron chi connectivity index (χ2n) is 4.80. The third-order valence-electron chi connectivity index (χ3n) is 3.14. The molecule has 0 atom stereocenters. The van der Waals surface area contributed by atoms with Crippen molar-refractivity contribution >= 4 is 16.0 Å². The highest BCUT2D eigenvalue weighted by atomic mass is 32.2. The summed E-state index contributed by atoms with van der Waals surface area (Å²) in [5, 5.41) is 4.00. The zero-order chi connectivity index (χ0) is 15.8. The standard InChI is InChI=1S/C13H18N4O3S/c1-8-6-11(20-5)7-9(2)12(8)21(18,19)16-13-14-10(3)17(4)15-13/h6-7H,1-5H3,(H,15,16). The summed E-state index contributed by atoms with van der Waals surface area (Å²) in [6, 6.07) is 3.36. The molecule has 1 N–H and O–H groups in total. The molecule has 0 saturated carbocycles. The molecule has 0 bridgehead atoms. The number of aromatic nitrogens is 3. The van der Waals surface area contributed by atoms with Crippen LogP contribution in [0.5, 0.6) is 5.75 Å². The summed E-state index contributed by atoms with van der Waals surface area (Å²) in [5.74, 6) is 1.30. The van der Waals surface area contributed by atoms with Crippen LogP contribution in [0.15, 0.2) is 17.0 Å². The van der Waals surface area contributed by atoms with E-state index in [1.807, 2.05) is 0 Å². The van der Waals surface area contributed by atoms with E-state index >= 15 is 0 Å². The summed E-state index contributed by atoms with van der Waals surface area (Å²) in [6.07, 6.45) is 0. The minimum absolute atomic E-state index is 0.0598. The number of rotatable bonds is 4. The number of methoxy groups -OCH3 is 1. The summed E-state index contributed by atoms with van der Waals surface area (Å²) in [7, 11) is -0.506. The molecule has 0 amide bonds. The molecule has 0 saturated heterocycles. The Balaban J connectivity index is 2.44. The topological polar surface area (TPSA) is 86.1 Å². The first-order valence-corrected chi connectivity index (χ1v) is 7.78. The fraction of sp³-hybridized carbons (Fsp3) is 0.385. The highest BCUT2D eigenvalue weighted by molar-refractivity contribution is 7.92. The van der Waals surface area contributed by atoms with E-state index in [1.165, 1.54) is 4.68 Å². The predicted molar refractivity (Wildman–Crippen MR) is 79.0 cm³/mol. The number of anilines is 1. The lowest BCUT2D eigenvalue weighted by Crippen LogP contribution is -2.17. The van der Waals surface area contributed by atoms with E-state index in [0.717, 1.165) is 0 Å². The third kappa shape index (κ3) is 2.99. The number of nitrogens with one attached hydrogen (secondary N) is 1. The minimum atomic E-state index is -3.75. The molecular weight excluding hydrogens is 292 g/mol. The van der Waals surface area contributed by atoms with Crippen LogP contribution in [0.3, 0.4) is 0 Å². The van der Waals surface area contributed by atoms with Gasteiger partial charge < -0.3 is 4.74 Å². The van der Waals surface area contributed by atoms with Crippen molar-refractivity contribution in [2.75, 3.05) is 11.8 Å². The molecule has 0 aliphatic rings. The van der Waals surface area contributed by atoms with Crippen molar-refractivity contribution in [3.8, 4) is 5.75 Å². The highest BCUT2D eigenvalue weighted by Gasteiger charge is 2.22. The Bertz CT molecular complexity index is 738. The SMILES string of the molecule is COc1cc(C)c(S(=O)(=O)Nc2nc(C)n(C)n2)c(C)c1. The molecule has 0 spiro atoms. The molecule has 1 aromatic heterocycles. The Morgan fingerprint density at radius 1 is 1.19 bits per heavy atom. The summed E-state index contributed by atoms with van der Waals surface area (Å²) < 4.78 is 34.1. The minimum Gasteiger partial charge on any atom is -0.497 e. The number of hydrogen-bond acceptors (Lipinski definition) is 5. The Morgan fingerprint density at radius 2 is 1.76 bits per heavy atom. The number of aryl methyl sites for hydroxylation is 4. The molecule has 21 heavy (non-hydrogen) atoms. The van der Waals surface area contributed by atoms with Gasteiger partial charge in [-0.05, 0) is 44.0 Å². The van der Waals surface area contributed by atoms with Crippen molar-refractivity contribution in [3.63, 3.8) is 0 Å². The summed E-state index contributed by atoms with van der Waals surface area (Å²) in [4.78, 5) is 4.27. The smallest absolute Gasteiger partial charge is 0.264 e. The van der Waals surface area contributed by atoms with E-state index < -0.39 is 10.0 Å². The number of hydrogen-bond donors (Lipinski definition) is 1. The maximum Gasteiger partial charge on any atom is 0.264 e. The average Bonchev–Trinajstić information content (AvgIpc) is 2.65. The van der Waals surface area contributed by atoms with E-state index in [-0.39, 0.29) is 10.8 Å². The molecule has 1 heterocycles. The average molecular weight is 310 g/mol. The molecule has 8 heteroatoms. The van der Waals surface area contributed by atoms with E-state index in [1.54, 1.807) is 47.1 Å². The molecule has 0 aliphatic heterocycles. The lowest BCUT2D eigenvalue weighted by molar-refractivity contribution is 0.413. The number of ether oxygens (including phenoxy) is 1. The van der Waals surface area contributed by atoms with Gasteiger partial charge in [0.05, 0.1) is 12.0 Å². The van der Waals surface area contributed by atoms with Gasteiger partial charge in [0.2, 0.25) is 0 Å². The van der Waals surface area contributed by atoms with Gasteiger partial charge in [-0.3, -0.25) is 4.68 Å².